The number of para-hydroxylation sites is 1. The number of benzene rings is 2. The summed E-state index contributed by atoms with van der Waals surface area (Å²) in [6.07, 6.45) is 2.25. The number of hydrogen-bond acceptors (Lipinski definition) is 3. The SMILES string of the molecule is O=C1N(CCN2CCC(COc3ccccc3)CC2)CCN1c1ccc(F)cc1. The molecule has 0 saturated carbocycles. The quantitative estimate of drug-likeness (QED) is 0.712. The predicted octanol–water partition coefficient (Wildman–Crippen LogP) is 3.86. The van der Waals surface area contributed by atoms with Crippen molar-refractivity contribution < 1.29 is 13.9 Å². The molecule has 5 nitrogen and oxygen atoms in total. The lowest BCUT2D eigenvalue weighted by molar-refractivity contribution is 0.133. The molecule has 0 unspecified atom stereocenters. The van der Waals surface area contributed by atoms with E-state index in [-0.39, 0.29) is 11.8 Å². The lowest BCUT2D eigenvalue weighted by atomic mass is 9.98. The number of carbonyl (C=O) groups is 1. The molecule has 6 heteroatoms. The van der Waals surface area contributed by atoms with Gasteiger partial charge < -0.3 is 14.5 Å². The molecule has 0 bridgehead atoms. The van der Waals surface area contributed by atoms with Crippen molar-refractivity contribution in [3.8, 4) is 5.75 Å². The minimum Gasteiger partial charge on any atom is -0.493 e. The van der Waals surface area contributed by atoms with Crippen molar-refractivity contribution in [2.24, 2.45) is 5.92 Å². The summed E-state index contributed by atoms with van der Waals surface area (Å²) in [5.41, 5.74) is 0.762. The number of carbonyl (C=O) groups excluding carboxylic acids is 1. The number of halogens is 1. The van der Waals surface area contributed by atoms with E-state index in [2.05, 4.69) is 4.90 Å². The van der Waals surface area contributed by atoms with Gasteiger partial charge in [0.1, 0.15) is 11.6 Å². The van der Waals surface area contributed by atoms with E-state index in [0.29, 0.717) is 12.5 Å². The van der Waals surface area contributed by atoms with Gasteiger partial charge >= 0.3 is 6.03 Å². The van der Waals surface area contributed by atoms with Crippen LogP contribution in [-0.2, 0) is 0 Å². The summed E-state index contributed by atoms with van der Waals surface area (Å²) in [5.74, 6) is 1.25. The third kappa shape index (κ3) is 5.07. The van der Waals surface area contributed by atoms with Gasteiger partial charge in [-0.15, -0.1) is 0 Å². The number of amides is 2. The second-order valence-corrected chi connectivity index (χ2v) is 7.81. The number of hydrogen-bond donors (Lipinski definition) is 0. The van der Waals surface area contributed by atoms with E-state index in [1.54, 1.807) is 17.0 Å². The molecule has 0 radical (unpaired) electrons. The summed E-state index contributed by atoms with van der Waals surface area (Å²) >= 11 is 0. The van der Waals surface area contributed by atoms with Crippen molar-refractivity contribution in [1.82, 2.24) is 9.80 Å². The zero-order chi connectivity index (χ0) is 20.1. The molecule has 2 heterocycles. The van der Waals surface area contributed by atoms with Crippen LogP contribution in [0.1, 0.15) is 12.8 Å². The van der Waals surface area contributed by atoms with Crippen LogP contribution in [0.15, 0.2) is 54.6 Å². The van der Waals surface area contributed by atoms with Gasteiger partial charge in [0, 0.05) is 31.9 Å². The highest BCUT2D eigenvalue weighted by atomic mass is 19.1. The molecule has 2 aromatic carbocycles. The number of nitrogens with zero attached hydrogens (tertiary/aromatic N) is 3. The first kappa shape index (κ1) is 19.7. The Kier molecular flexibility index (Phi) is 6.30. The highest BCUT2D eigenvalue weighted by Crippen LogP contribution is 2.22. The van der Waals surface area contributed by atoms with Crippen LogP contribution in [0.2, 0.25) is 0 Å². The summed E-state index contributed by atoms with van der Waals surface area (Å²) in [7, 11) is 0. The van der Waals surface area contributed by atoms with Gasteiger partial charge in [-0.2, -0.15) is 0 Å². The van der Waals surface area contributed by atoms with Crippen LogP contribution in [0.4, 0.5) is 14.9 Å². The van der Waals surface area contributed by atoms with E-state index in [0.717, 1.165) is 63.6 Å². The number of likely N-dealkylation sites (tertiary alicyclic amines) is 1. The molecule has 2 fully saturated rings. The Bertz CT molecular complexity index is 792. The van der Waals surface area contributed by atoms with Crippen molar-refractivity contribution in [1.29, 1.82) is 0 Å². The minimum atomic E-state index is -0.283. The lowest BCUT2D eigenvalue weighted by Crippen LogP contribution is -2.41. The fraction of sp³-hybridized carbons (Fsp3) is 0.435. The number of anilines is 1. The summed E-state index contributed by atoms with van der Waals surface area (Å²) in [5, 5.41) is 0. The molecule has 2 aliphatic rings. The second kappa shape index (κ2) is 9.27. The van der Waals surface area contributed by atoms with Gasteiger partial charge in [-0.25, -0.2) is 9.18 Å². The smallest absolute Gasteiger partial charge is 0.324 e. The van der Waals surface area contributed by atoms with Gasteiger partial charge in [-0.3, -0.25) is 4.90 Å². The van der Waals surface area contributed by atoms with Crippen LogP contribution in [0.25, 0.3) is 0 Å². The Morgan fingerprint density at radius 3 is 2.34 bits per heavy atom. The molecule has 0 atom stereocenters. The average Bonchev–Trinajstić information content (AvgIpc) is 3.13. The number of ether oxygens (including phenoxy) is 1. The normalized spacial score (nSPS) is 18.4. The fourth-order valence-corrected chi connectivity index (χ4v) is 4.02. The molecule has 0 aliphatic carbocycles. The van der Waals surface area contributed by atoms with E-state index < -0.39 is 0 Å². The van der Waals surface area contributed by atoms with Crippen molar-refractivity contribution in [3.63, 3.8) is 0 Å². The highest BCUT2D eigenvalue weighted by molar-refractivity contribution is 5.94. The van der Waals surface area contributed by atoms with Crippen molar-refractivity contribution in [2.75, 3.05) is 50.8 Å². The molecule has 0 spiro atoms. The monoisotopic (exact) mass is 397 g/mol. The molecule has 0 aromatic heterocycles. The van der Waals surface area contributed by atoms with Gasteiger partial charge in [0.15, 0.2) is 0 Å². The van der Waals surface area contributed by atoms with Crippen LogP contribution in [0, 0.1) is 11.7 Å². The standard InChI is InChI=1S/C23H28FN3O2/c24-20-6-8-21(9-7-20)27-17-16-26(23(27)28)15-14-25-12-10-19(11-13-25)18-29-22-4-2-1-3-5-22/h1-9,19H,10-18H2. The highest BCUT2D eigenvalue weighted by Gasteiger charge is 2.30. The molecule has 0 N–H and O–H groups in total. The summed E-state index contributed by atoms with van der Waals surface area (Å²) in [4.78, 5) is 18.7. The van der Waals surface area contributed by atoms with Crippen molar-refractivity contribution >= 4 is 11.7 Å². The first-order valence-electron chi connectivity index (χ1n) is 10.4. The Labute approximate surface area is 171 Å². The van der Waals surface area contributed by atoms with Crippen LogP contribution >= 0.6 is 0 Å². The van der Waals surface area contributed by atoms with E-state index in [4.69, 9.17) is 4.74 Å². The Morgan fingerprint density at radius 2 is 1.62 bits per heavy atom. The van der Waals surface area contributed by atoms with Crippen molar-refractivity contribution in [3.05, 3.63) is 60.4 Å². The fourth-order valence-electron chi connectivity index (χ4n) is 4.02. The maximum absolute atomic E-state index is 13.1. The molecule has 2 amide bonds. The average molecular weight is 397 g/mol. The van der Waals surface area contributed by atoms with Gasteiger partial charge in [-0.1, -0.05) is 18.2 Å². The van der Waals surface area contributed by atoms with Gasteiger partial charge in [-0.05, 0) is 68.2 Å². The van der Waals surface area contributed by atoms with E-state index >= 15 is 0 Å². The molecule has 2 aromatic rings. The molecule has 4 rings (SSSR count). The van der Waals surface area contributed by atoms with E-state index in [1.807, 2.05) is 35.2 Å². The zero-order valence-electron chi connectivity index (χ0n) is 16.7. The van der Waals surface area contributed by atoms with Crippen LogP contribution in [0.3, 0.4) is 0 Å². The van der Waals surface area contributed by atoms with E-state index in [1.165, 1.54) is 12.1 Å². The van der Waals surface area contributed by atoms with Crippen LogP contribution < -0.4 is 9.64 Å². The zero-order valence-corrected chi connectivity index (χ0v) is 16.7. The van der Waals surface area contributed by atoms with E-state index in [9.17, 15) is 9.18 Å². The summed E-state index contributed by atoms with van der Waals surface area (Å²) in [6.45, 7) is 5.88. The number of rotatable bonds is 7. The minimum absolute atomic E-state index is 0.0164. The Hall–Kier alpha value is -2.60. The summed E-state index contributed by atoms with van der Waals surface area (Å²) < 4.78 is 19.0. The second-order valence-electron chi connectivity index (χ2n) is 7.81. The van der Waals surface area contributed by atoms with Crippen molar-refractivity contribution in [2.45, 2.75) is 12.8 Å². The summed E-state index contributed by atoms with van der Waals surface area (Å²) in [6, 6.07) is 16.1. The lowest BCUT2D eigenvalue weighted by Gasteiger charge is -2.32. The molecule has 2 aliphatic heterocycles. The van der Waals surface area contributed by atoms with Crippen LogP contribution in [0.5, 0.6) is 5.75 Å². The molecule has 29 heavy (non-hydrogen) atoms. The Balaban J connectivity index is 1.18. The number of urea groups is 1. The molecule has 2 saturated heterocycles. The van der Waals surface area contributed by atoms with Gasteiger partial charge in [0.05, 0.1) is 6.61 Å². The third-order valence-corrected chi connectivity index (χ3v) is 5.86. The topological polar surface area (TPSA) is 36.0 Å². The third-order valence-electron chi connectivity index (χ3n) is 5.86. The first-order valence-corrected chi connectivity index (χ1v) is 10.4. The van der Waals surface area contributed by atoms with Crippen LogP contribution in [-0.4, -0.2) is 61.7 Å². The molecule has 154 valence electrons. The number of piperidine rings is 1. The molecular weight excluding hydrogens is 369 g/mol. The predicted molar refractivity (Wildman–Crippen MR) is 112 cm³/mol. The van der Waals surface area contributed by atoms with Gasteiger partial charge in [0.2, 0.25) is 0 Å². The maximum atomic E-state index is 13.1. The Morgan fingerprint density at radius 1 is 0.897 bits per heavy atom. The van der Waals surface area contributed by atoms with Gasteiger partial charge in [0.25, 0.3) is 0 Å². The largest absolute Gasteiger partial charge is 0.493 e. The maximum Gasteiger partial charge on any atom is 0.324 e. The first-order chi connectivity index (χ1) is 14.2. The molecular formula is C23H28FN3O2.